The van der Waals surface area contributed by atoms with Gasteiger partial charge in [0.15, 0.2) is 0 Å². The summed E-state index contributed by atoms with van der Waals surface area (Å²) < 4.78 is 0. The topological polar surface area (TPSA) is 32.9 Å². The SMILES string of the molecule is CCCc1cc(C)c(C)c(=O)[nH]1. The van der Waals surface area contributed by atoms with E-state index in [2.05, 4.69) is 18.0 Å². The van der Waals surface area contributed by atoms with Gasteiger partial charge in [0.1, 0.15) is 0 Å². The lowest BCUT2D eigenvalue weighted by atomic mass is 10.1. The lowest BCUT2D eigenvalue weighted by Crippen LogP contribution is -2.13. The van der Waals surface area contributed by atoms with Crippen molar-refractivity contribution >= 4 is 0 Å². The van der Waals surface area contributed by atoms with Crippen molar-refractivity contribution in [2.24, 2.45) is 0 Å². The van der Waals surface area contributed by atoms with Crippen LogP contribution in [0.4, 0.5) is 0 Å². The van der Waals surface area contributed by atoms with Crippen LogP contribution in [0.2, 0.25) is 0 Å². The van der Waals surface area contributed by atoms with Gasteiger partial charge in [-0.25, -0.2) is 0 Å². The second kappa shape index (κ2) is 3.57. The monoisotopic (exact) mass is 165 g/mol. The summed E-state index contributed by atoms with van der Waals surface area (Å²) in [5.41, 5.74) is 3.01. The fourth-order valence-electron chi connectivity index (χ4n) is 1.23. The third-order valence-electron chi connectivity index (χ3n) is 2.12. The third kappa shape index (κ3) is 1.76. The Labute approximate surface area is 72.6 Å². The molecule has 0 spiro atoms. The van der Waals surface area contributed by atoms with Crippen LogP contribution in [-0.4, -0.2) is 4.98 Å². The van der Waals surface area contributed by atoms with E-state index in [0.717, 1.165) is 29.7 Å². The second-order valence-electron chi connectivity index (χ2n) is 3.18. The van der Waals surface area contributed by atoms with E-state index in [1.807, 2.05) is 13.8 Å². The van der Waals surface area contributed by atoms with Gasteiger partial charge >= 0.3 is 0 Å². The number of aromatic amines is 1. The number of H-pyrrole nitrogens is 1. The maximum absolute atomic E-state index is 11.3. The van der Waals surface area contributed by atoms with Gasteiger partial charge in [0.05, 0.1) is 0 Å². The van der Waals surface area contributed by atoms with Crippen LogP contribution in [0, 0.1) is 13.8 Å². The van der Waals surface area contributed by atoms with Crippen LogP contribution < -0.4 is 5.56 Å². The summed E-state index contributed by atoms with van der Waals surface area (Å²) in [5, 5.41) is 0. The summed E-state index contributed by atoms with van der Waals surface area (Å²) in [6, 6.07) is 2.06. The van der Waals surface area contributed by atoms with Gasteiger partial charge in [-0.3, -0.25) is 4.79 Å². The van der Waals surface area contributed by atoms with E-state index in [4.69, 9.17) is 0 Å². The normalized spacial score (nSPS) is 10.2. The average molecular weight is 165 g/mol. The smallest absolute Gasteiger partial charge is 0.251 e. The molecule has 1 heterocycles. The molecular formula is C10H15NO. The van der Waals surface area contributed by atoms with Crippen LogP contribution in [0.1, 0.15) is 30.2 Å². The Kier molecular flexibility index (Phi) is 2.69. The predicted octanol–water partition coefficient (Wildman–Crippen LogP) is 1.94. The molecule has 1 rings (SSSR count). The molecule has 2 heteroatoms. The van der Waals surface area contributed by atoms with Crippen LogP contribution in [0.25, 0.3) is 0 Å². The number of aromatic nitrogens is 1. The van der Waals surface area contributed by atoms with E-state index in [0.29, 0.717) is 0 Å². The highest BCUT2D eigenvalue weighted by atomic mass is 16.1. The Hall–Kier alpha value is -1.05. The van der Waals surface area contributed by atoms with Crippen molar-refractivity contribution in [3.63, 3.8) is 0 Å². The highest BCUT2D eigenvalue weighted by Gasteiger charge is 1.99. The fraction of sp³-hybridized carbons (Fsp3) is 0.500. The van der Waals surface area contributed by atoms with Crippen molar-refractivity contribution in [2.75, 3.05) is 0 Å². The average Bonchev–Trinajstić information content (AvgIpc) is 2.01. The molecule has 0 saturated carbocycles. The van der Waals surface area contributed by atoms with Crippen molar-refractivity contribution in [3.8, 4) is 0 Å². The quantitative estimate of drug-likeness (QED) is 0.713. The zero-order valence-corrected chi connectivity index (χ0v) is 7.90. The van der Waals surface area contributed by atoms with E-state index in [1.54, 1.807) is 0 Å². The lowest BCUT2D eigenvalue weighted by Gasteiger charge is -2.02. The Morgan fingerprint density at radius 3 is 2.58 bits per heavy atom. The first-order chi connectivity index (χ1) is 5.65. The summed E-state index contributed by atoms with van der Waals surface area (Å²) in [6.07, 6.45) is 2.02. The highest BCUT2D eigenvalue weighted by molar-refractivity contribution is 5.23. The van der Waals surface area contributed by atoms with Crippen LogP contribution in [-0.2, 0) is 6.42 Å². The zero-order valence-electron chi connectivity index (χ0n) is 7.90. The maximum Gasteiger partial charge on any atom is 0.251 e. The molecule has 0 aliphatic carbocycles. The van der Waals surface area contributed by atoms with Gasteiger partial charge in [-0.15, -0.1) is 0 Å². The first-order valence-corrected chi connectivity index (χ1v) is 4.34. The number of nitrogens with one attached hydrogen (secondary N) is 1. The number of aryl methyl sites for hydroxylation is 2. The highest BCUT2D eigenvalue weighted by Crippen LogP contribution is 2.03. The molecule has 1 N–H and O–H groups in total. The molecule has 0 aliphatic rings. The first kappa shape index (κ1) is 9.04. The van der Waals surface area contributed by atoms with E-state index in [9.17, 15) is 4.79 Å². The molecule has 12 heavy (non-hydrogen) atoms. The Morgan fingerprint density at radius 2 is 2.08 bits per heavy atom. The molecule has 0 fully saturated rings. The van der Waals surface area contributed by atoms with Crippen molar-refractivity contribution in [2.45, 2.75) is 33.6 Å². The maximum atomic E-state index is 11.3. The largest absolute Gasteiger partial charge is 0.326 e. The number of hydrogen-bond donors (Lipinski definition) is 1. The fourth-order valence-corrected chi connectivity index (χ4v) is 1.23. The summed E-state index contributed by atoms with van der Waals surface area (Å²) >= 11 is 0. The Balaban J connectivity index is 3.13. The van der Waals surface area contributed by atoms with Crippen molar-refractivity contribution in [1.82, 2.24) is 4.98 Å². The molecule has 1 aromatic heterocycles. The van der Waals surface area contributed by atoms with Crippen LogP contribution in [0.5, 0.6) is 0 Å². The molecule has 66 valence electrons. The lowest BCUT2D eigenvalue weighted by molar-refractivity contribution is 0.868. The number of rotatable bonds is 2. The number of hydrogen-bond acceptors (Lipinski definition) is 1. The van der Waals surface area contributed by atoms with Crippen molar-refractivity contribution in [1.29, 1.82) is 0 Å². The Bertz CT molecular complexity index is 325. The number of pyridine rings is 1. The minimum absolute atomic E-state index is 0.0541. The van der Waals surface area contributed by atoms with E-state index in [1.165, 1.54) is 0 Å². The molecule has 0 radical (unpaired) electrons. The van der Waals surface area contributed by atoms with Gasteiger partial charge in [0, 0.05) is 11.3 Å². The van der Waals surface area contributed by atoms with Gasteiger partial charge in [-0.2, -0.15) is 0 Å². The van der Waals surface area contributed by atoms with Crippen LogP contribution in [0.15, 0.2) is 10.9 Å². The van der Waals surface area contributed by atoms with Gasteiger partial charge in [-0.05, 0) is 31.9 Å². The molecule has 0 bridgehead atoms. The minimum atomic E-state index is 0.0541. The third-order valence-corrected chi connectivity index (χ3v) is 2.12. The van der Waals surface area contributed by atoms with E-state index < -0.39 is 0 Å². The Morgan fingerprint density at radius 1 is 1.42 bits per heavy atom. The standard InChI is InChI=1S/C10H15NO/c1-4-5-9-6-7(2)8(3)10(12)11-9/h6H,4-5H2,1-3H3,(H,11,12). The molecule has 0 atom stereocenters. The van der Waals surface area contributed by atoms with Gasteiger partial charge < -0.3 is 4.98 Å². The van der Waals surface area contributed by atoms with Crippen LogP contribution in [0.3, 0.4) is 0 Å². The van der Waals surface area contributed by atoms with Crippen molar-refractivity contribution < 1.29 is 0 Å². The summed E-state index contributed by atoms with van der Waals surface area (Å²) in [7, 11) is 0. The molecule has 0 saturated heterocycles. The molecule has 2 nitrogen and oxygen atoms in total. The molecule has 0 aromatic carbocycles. The summed E-state index contributed by atoms with van der Waals surface area (Å²) in [5.74, 6) is 0. The summed E-state index contributed by atoms with van der Waals surface area (Å²) in [4.78, 5) is 14.1. The molecule has 0 amide bonds. The molecule has 1 aromatic rings. The zero-order chi connectivity index (χ0) is 9.14. The minimum Gasteiger partial charge on any atom is -0.326 e. The van der Waals surface area contributed by atoms with E-state index in [-0.39, 0.29) is 5.56 Å². The van der Waals surface area contributed by atoms with Gasteiger partial charge in [-0.1, -0.05) is 13.3 Å². The van der Waals surface area contributed by atoms with Gasteiger partial charge in [0.25, 0.3) is 5.56 Å². The van der Waals surface area contributed by atoms with E-state index >= 15 is 0 Å². The first-order valence-electron chi connectivity index (χ1n) is 4.34. The van der Waals surface area contributed by atoms with Gasteiger partial charge in [0.2, 0.25) is 0 Å². The predicted molar refractivity (Wildman–Crippen MR) is 50.5 cm³/mol. The molecular weight excluding hydrogens is 150 g/mol. The second-order valence-corrected chi connectivity index (χ2v) is 3.18. The molecule has 0 unspecified atom stereocenters. The van der Waals surface area contributed by atoms with Crippen molar-refractivity contribution in [3.05, 3.63) is 33.2 Å². The summed E-state index contributed by atoms with van der Waals surface area (Å²) in [6.45, 7) is 5.93. The van der Waals surface area contributed by atoms with Crippen LogP contribution >= 0.6 is 0 Å². The molecule has 0 aliphatic heterocycles.